The molecule has 1 N–H and O–H groups in total. The first-order valence-corrected chi connectivity index (χ1v) is 16.5. The SMILES string of the molecule is Cn1cnc(S(=O)(=O)N(C2CC(C)(O)C2)[C@H]2CCC3=Cc4c(cnn4-c4ccc(F)cc4)C[C@]3(C(=O)c3cc(Cl)ccn3)C2)n1. The molecule has 14 heteroatoms. The minimum absolute atomic E-state index is 0.178. The Morgan fingerprint density at radius 3 is 2.56 bits per heavy atom. The Morgan fingerprint density at radius 2 is 1.89 bits per heavy atom. The number of aliphatic hydroxyl groups is 1. The van der Waals surface area contributed by atoms with Gasteiger partial charge in [-0.15, -0.1) is 5.10 Å². The lowest BCUT2D eigenvalue weighted by Crippen LogP contribution is -2.60. The van der Waals surface area contributed by atoms with Gasteiger partial charge in [-0.3, -0.25) is 14.5 Å². The van der Waals surface area contributed by atoms with Gasteiger partial charge in [-0.05, 0) is 93.5 Å². The van der Waals surface area contributed by atoms with Gasteiger partial charge in [-0.2, -0.15) is 9.40 Å². The molecule has 0 spiro atoms. The van der Waals surface area contributed by atoms with Gasteiger partial charge in [0, 0.05) is 30.4 Å². The number of halogens is 2. The number of aromatic nitrogens is 6. The largest absolute Gasteiger partial charge is 0.390 e. The molecule has 45 heavy (non-hydrogen) atoms. The van der Waals surface area contributed by atoms with Gasteiger partial charge < -0.3 is 5.11 Å². The van der Waals surface area contributed by atoms with E-state index in [1.54, 1.807) is 43.0 Å². The van der Waals surface area contributed by atoms with Crippen molar-refractivity contribution in [1.29, 1.82) is 0 Å². The van der Waals surface area contributed by atoms with Crippen molar-refractivity contribution in [3.63, 3.8) is 0 Å². The van der Waals surface area contributed by atoms with E-state index < -0.39 is 33.1 Å². The third-order valence-corrected chi connectivity index (χ3v) is 11.3. The lowest BCUT2D eigenvalue weighted by atomic mass is 9.60. The Bertz CT molecular complexity index is 1950. The molecule has 2 atom stereocenters. The highest BCUT2D eigenvalue weighted by Gasteiger charge is 2.55. The van der Waals surface area contributed by atoms with Gasteiger partial charge in [-0.1, -0.05) is 17.2 Å². The number of Topliss-reactive ketones (excluding diaryl/α,β-unsaturated/α-hetero) is 1. The molecule has 2 saturated carbocycles. The Morgan fingerprint density at radius 1 is 1.13 bits per heavy atom. The molecule has 11 nitrogen and oxygen atoms in total. The first kappa shape index (κ1) is 29.9. The van der Waals surface area contributed by atoms with Crippen LogP contribution in [0.3, 0.4) is 0 Å². The number of rotatable bonds is 7. The smallest absolute Gasteiger partial charge is 0.282 e. The molecule has 3 aromatic heterocycles. The number of nitrogens with zero attached hydrogens (tertiary/aromatic N) is 7. The number of allylic oxidation sites excluding steroid dienone is 1. The fourth-order valence-electron chi connectivity index (χ4n) is 7.22. The molecular formula is C31H31ClFN7O4S. The van der Waals surface area contributed by atoms with Gasteiger partial charge in [0.15, 0.2) is 5.78 Å². The minimum atomic E-state index is -4.18. The van der Waals surface area contributed by atoms with Crippen molar-refractivity contribution in [3.8, 4) is 5.69 Å². The number of aryl methyl sites for hydroxylation is 1. The second kappa shape index (κ2) is 10.6. The summed E-state index contributed by atoms with van der Waals surface area (Å²) < 4.78 is 46.5. The zero-order valence-corrected chi connectivity index (χ0v) is 26.2. The second-order valence-electron chi connectivity index (χ2n) is 12.6. The maximum absolute atomic E-state index is 14.6. The first-order chi connectivity index (χ1) is 21.4. The molecule has 3 aliphatic rings. The number of carbonyl (C=O) groups is 1. The Labute approximate surface area is 264 Å². The highest BCUT2D eigenvalue weighted by Crippen LogP contribution is 2.53. The molecular weight excluding hydrogens is 621 g/mol. The second-order valence-corrected chi connectivity index (χ2v) is 14.7. The molecule has 2 fully saturated rings. The summed E-state index contributed by atoms with van der Waals surface area (Å²) in [6.45, 7) is 1.69. The Hall–Kier alpha value is -3.78. The van der Waals surface area contributed by atoms with Crippen LogP contribution in [-0.4, -0.2) is 70.8 Å². The van der Waals surface area contributed by atoms with E-state index in [1.165, 1.54) is 39.7 Å². The Kier molecular flexibility index (Phi) is 7.08. The number of ketones is 1. The molecule has 4 aromatic rings. The van der Waals surface area contributed by atoms with Crippen LogP contribution < -0.4 is 0 Å². The molecule has 0 saturated heterocycles. The van der Waals surface area contributed by atoms with Crippen LogP contribution in [0.2, 0.25) is 5.02 Å². The molecule has 1 aromatic carbocycles. The summed E-state index contributed by atoms with van der Waals surface area (Å²) in [5.41, 5.74) is 1.16. The van der Waals surface area contributed by atoms with Crippen LogP contribution in [0.4, 0.5) is 4.39 Å². The van der Waals surface area contributed by atoms with Gasteiger partial charge in [0.05, 0.1) is 28.6 Å². The van der Waals surface area contributed by atoms with E-state index in [4.69, 9.17) is 11.6 Å². The van der Waals surface area contributed by atoms with Crippen LogP contribution in [0.15, 0.2) is 65.8 Å². The lowest BCUT2D eigenvalue weighted by Gasteiger charge is -2.52. The molecule has 0 unspecified atom stereocenters. The summed E-state index contributed by atoms with van der Waals surface area (Å²) in [6, 6.07) is 8.08. The maximum atomic E-state index is 14.6. The number of fused-ring (bicyclic) bond motifs is 2. The van der Waals surface area contributed by atoms with E-state index in [2.05, 4.69) is 20.2 Å². The van der Waals surface area contributed by atoms with Gasteiger partial charge >= 0.3 is 0 Å². The van der Waals surface area contributed by atoms with Gasteiger partial charge in [0.2, 0.25) is 0 Å². The number of hydrogen-bond donors (Lipinski definition) is 1. The standard InChI is InChI=1S/C31H31ClFN7O4S/c1-30(42)14-25(15-30)40(45(43,44)29-35-18-38(2)37-29)24-6-3-20-11-27-19(17-36-39(27)23-7-4-22(33)5-8-23)13-31(20,16-24)28(41)26-12-21(32)9-10-34-26/h4-5,7-12,17-18,24-25,42H,3,6,13-16H2,1-2H3/t24-,25?,30?,31-/m0/s1. The van der Waals surface area contributed by atoms with E-state index >= 15 is 0 Å². The van der Waals surface area contributed by atoms with E-state index in [0.717, 1.165) is 16.8 Å². The van der Waals surface area contributed by atoms with Crippen LogP contribution in [0.25, 0.3) is 11.8 Å². The van der Waals surface area contributed by atoms with E-state index in [1.807, 2.05) is 6.08 Å². The summed E-state index contributed by atoms with van der Waals surface area (Å²) in [5.74, 6) is -0.612. The van der Waals surface area contributed by atoms with Crippen molar-refractivity contribution >= 4 is 33.5 Å². The minimum Gasteiger partial charge on any atom is -0.390 e. The third-order valence-electron chi connectivity index (χ3n) is 9.25. The predicted octanol–water partition coefficient (Wildman–Crippen LogP) is 4.15. The van der Waals surface area contributed by atoms with Gasteiger partial charge in [-0.25, -0.2) is 22.5 Å². The normalized spacial score (nSPS) is 26.1. The van der Waals surface area contributed by atoms with E-state index in [0.29, 0.717) is 23.6 Å². The predicted molar refractivity (Wildman–Crippen MR) is 163 cm³/mol. The molecule has 0 aliphatic heterocycles. The number of hydrogen-bond acceptors (Lipinski definition) is 8. The van der Waals surface area contributed by atoms with Crippen molar-refractivity contribution in [2.45, 2.75) is 68.3 Å². The van der Waals surface area contributed by atoms with Gasteiger partial charge in [0.25, 0.3) is 15.2 Å². The summed E-state index contributed by atoms with van der Waals surface area (Å²) >= 11 is 6.29. The van der Waals surface area contributed by atoms with Crippen molar-refractivity contribution in [1.82, 2.24) is 33.8 Å². The summed E-state index contributed by atoms with van der Waals surface area (Å²) in [4.78, 5) is 23.0. The highest BCUT2D eigenvalue weighted by atomic mass is 35.5. The molecule has 234 valence electrons. The fourth-order valence-corrected chi connectivity index (χ4v) is 9.10. The maximum Gasteiger partial charge on any atom is 0.282 e. The molecule has 0 bridgehead atoms. The Balaban J connectivity index is 1.33. The number of benzene rings is 1. The fraction of sp³-hybridized carbons (Fsp3) is 0.387. The highest BCUT2D eigenvalue weighted by molar-refractivity contribution is 7.89. The molecule has 0 radical (unpaired) electrons. The van der Waals surface area contributed by atoms with Crippen LogP contribution in [0, 0.1) is 11.2 Å². The topological polar surface area (TPSA) is 136 Å². The third kappa shape index (κ3) is 5.11. The quantitative estimate of drug-likeness (QED) is 0.294. The number of sulfonamides is 1. The summed E-state index contributed by atoms with van der Waals surface area (Å²) in [5, 5.41) is 19.4. The van der Waals surface area contributed by atoms with Crippen molar-refractivity contribution in [2.24, 2.45) is 12.5 Å². The lowest BCUT2D eigenvalue weighted by molar-refractivity contribution is -0.0690. The number of pyridine rings is 1. The molecule has 7 rings (SSSR count). The van der Waals surface area contributed by atoms with Gasteiger partial charge in [0.1, 0.15) is 17.8 Å². The van der Waals surface area contributed by atoms with Crippen LogP contribution in [0.5, 0.6) is 0 Å². The molecule has 0 amide bonds. The number of carbonyl (C=O) groups excluding carboxylic acids is 1. The monoisotopic (exact) mass is 651 g/mol. The average molecular weight is 652 g/mol. The van der Waals surface area contributed by atoms with E-state index in [9.17, 15) is 22.7 Å². The molecule has 3 aliphatic carbocycles. The van der Waals surface area contributed by atoms with Crippen LogP contribution in [-0.2, 0) is 23.5 Å². The van der Waals surface area contributed by atoms with Crippen molar-refractivity contribution in [3.05, 3.63) is 88.5 Å². The van der Waals surface area contributed by atoms with Crippen molar-refractivity contribution < 1.29 is 22.7 Å². The van der Waals surface area contributed by atoms with Crippen molar-refractivity contribution in [2.75, 3.05) is 0 Å². The summed E-state index contributed by atoms with van der Waals surface area (Å²) in [6.07, 6.45) is 8.29. The first-order valence-electron chi connectivity index (χ1n) is 14.7. The molecule has 3 heterocycles. The van der Waals surface area contributed by atoms with Crippen LogP contribution >= 0.6 is 11.6 Å². The zero-order valence-electron chi connectivity index (χ0n) is 24.6. The summed E-state index contributed by atoms with van der Waals surface area (Å²) in [7, 11) is -2.59. The van der Waals surface area contributed by atoms with E-state index in [-0.39, 0.29) is 48.1 Å². The van der Waals surface area contributed by atoms with Crippen LogP contribution in [0.1, 0.15) is 60.8 Å². The average Bonchev–Trinajstić information content (AvgIpc) is 3.61. The zero-order chi connectivity index (χ0) is 31.7.